The van der Waals surface area contributed by atoms with E-state index in [-0.39, 0.29) is 12.5 Å². The maximum atomic E-state index is 11.3. The van der Waals surface area contributed by atoms with Gasteiger partial charge in [-0.1, -0.05) is 30.3 Å². The minimum absolute atomic E-state index is 0.191. The van der Waals surface area contributed by atoms with Crippen LogP contribution in [0, 0.1) is 0 Å². The van der Waals surface area contributed by atoms with Gasteiger partial charge in [0.15, 0.2) is 5.38 Å². The van der Waals surface area contributed by atoms with Crippen LogP contribution in [-0.4, -0.2) is 18.5 Å². The van der Waals surface area contributed by atoms with E-state index in [2.05, 4.69) is 0 Å². The first kappa shape index (κ1) is 11.3. The Bertz CT molecular complexity index is 287. The van der Waals surface area contributed by atoms with Gasteiger partial charge >= 0.3 is 5.97 Å². The van der Waals surface area contributed by atoms with Gasteiger partial charge < -0.3 is 4.74 Å². The van der Waals surface area contributed by atoms with Gasteiger partial charge in [-0.15, -0.1) is 23.2 Å². The van der Waals surface area contributed by atoms with Gasteiger partial charge in [0.05, 0.1) is 5.88 Å². The van der Waals surface area contributed by atoms with Gasteiger partial charge in [0.25, 0.3) is 0 Å². The molecule has 0 unspecified atom stereocenters. The van der Waals surface area contributed by atoms with E-state index < -0.39 is 11.3 Å². The fourth-order valence-corrected chi connectivity index (χ4v) is 1.26. The number of carbonyl (C=O) groups excluding carboxylic acids is 1. The maximum Gasteiger partial charge on any atom is 0.328 e. The molecule has 0 radical (unpaired) electrons. The van der Waals surface area contributed by atoms with Crippen LogP contribution in [0.2, 0.25) is 0 Å². The van der Waals surface area contributed by atoms with Gasteiger partial charge in [-0.3, -0.25) is 4.79 Å². The summed E-state index contributed by atoms with van der Waals surface area (Å²) in [6.45, 7) is 0.191. The van der Waals surface area contributed by atoms with E-state index in [0.29, 0.717) is 0 Å². The van der Waals surface area contributed by atoms with Gasteiger partial charge in [0, 0.05) is 0 Å². The standard InChI is InChI=1S/C10H10Cl2O2/c11-6-7-14-10(13)9(12)8-4-2-1-3-5-8/h1-5,9H,6-7H2/t9-/m1/s1. The number of ether oxygens (including phenoxy) is 1. The molecule has 0 bridgehead atoms. The zero-order valence-electron chi connectivity index (χ0n) is 7.45. The van der Waals surface area contributed by atoms with Crippen LogP contribution in [0.5, 0.6) is 0 Å². The number of benzene rings is 1. The van der Waals surface area contributed by atoms with Crippen molar-refractivity contribution in [3.63, 3.8) is 0 Å². The Kier molecular flexibility index (Phi) is 4.77. The number of carbonyl (C=O) groups is 1. The van der Waals surface area contributed by atoms with Crippen LogP contribution in [0.15, 0.2) is 30.3 Å². The first-order chi connectivity index (χ1) is 6.75. The summed E-state index contributed by atoms with van der Waals surface area (Å²) in [5, 5.41) is -0.751. The van der Waals surface area contributed by atoms with Crippen molar-refractivity contribution in [1.29, 1.82) is 0 Å². The van der Waals surface area contributed by atoms with E-state index in [4.69, 9.17) is 27.9 Å². The minimum atomic E-state index is -0.751. The van der Waals surface area contributed by atoms with E-state index in [0.717, 1.165) is 5.56 Å². The van der Waals surface area contributed by atoms with Crippen molar-refractivity contribution in [1.82, 2.24) is 0 Å². The molecule has 0 fully saturated rings. The smallest absolute Gasteiger partial charge is 0.328 e. The number of esters is 1. The first-order valence-corrected chi connectivity index (χ1v) is 5.14. The second kappa shape index (κ2) is 5.89. The molecule has 4 heteroatoms. The summed E-state index contributed by atoms with van der Waals surface area (Å²) in [7, 11) is 0. The molecule has 1 rings (SSSR count). The summed E-state index contributed by atoms with van der Waals surface area (Å²) in [4.78, 5) is 11.3. The van der Waals surface area contributed by atoms with Crippen LogP contribution in [-0.2, 0) is 9.53 Å². The first-order valence-electron chi connectivity index (χ1n) is 4.17. The van der Waals surface area contributed by atoms with Gasteiger partial charge in [0.2, 0.25) is 0 Å². The summed E-state index contributed by atoms with van der Waals surface area (Å²) in [6.07, 6.45) is 0. The van der Waals surface area contributed by atoms with Crippen molar-refractivity contribution in [2.45, 2.75) is 5.38 Å². The largest absolute Gasteiger partial charge is 0.463 e. The van der Waals surface area contributed by atoms with Crippen LogP contribution < -0.4 is 0 Å². The third-order valence-electron chi connectivity index (χ3n) is 1.62. The van der Waals surface area contributed by atoms with Gasteiger partial charge in [-0.2, -0.15) is 0 Å². The molecule has 0 aromatic heterocycles. The van der Waals surface area contributed by atoms with E-state index >= 15 is 0 Å². The summed E-state index contributed by atoms with van der Waals surface area (Å²) < 4.78 is 4.80. The predicted octanol–water partition coefficient (Wildman–Crippen LogP) is 2.75. The third-order valence-corrected chi connectivity index (χ3v) is 2.21. The van der Waals surface area contributed by atoms with Crippen molar-refractivity contribution in [3.8, 4) is 0 Å². The van der Waals surface area contributed by atoms with E-state index in [9.17, 15) is 4.79 Å². The van der Waals surface area contributed by atoms with Crippen LogP contribution >= 0.6 is 23.2 Å². The number of halogens is 2. The second-order valence-electron chi connectivity index (χ2n) is 2.63. The van der Waals surface area contributed by atoms with Crippen molar-refractivity contribution < 1.29 is 9.53 Å². The Balaban J connectivity index is 2.57. The SMILES string of the molecule is O=C(OCCCl)[C@H](Cl)c1ccccc1. The molecule has 1 atom stereocenters. The van der Waals surface area contributed by atoms with Gasteiger partial charge in [0.1, 0.15) is 6.61 Å². The molecular formula is C10H10Cl2O2. The zero-order valence-corrected chi connectivity index (χ0v) is 8.96. The summed E-state index contributed by atoms with van der Waals surface area (Å²) in [5.74, 6) is -0.178. The molecule has 1 aromatic rings. The molecule has 0 aliphatic carbocycles. The average molecular weight is 233 g/mol. The van der Waals surface area contributed by atoms with Crippen LogP contribution in [0.4, 0.5) is 0 Å². The van der Waals surface area contributed by atoms with Crippen molar-refractivity contribution in [2.75, 3.05) is 12.5 Å². The molecule has 0 amide bonds. The highest BCUT2D eigenvalue weighted by Crippen LogP contribution is 2.21. The lowest BCUT2D eigenvalue weighted by Crippen LogP contribution is -2.12. The molecule has 1 aromatic carbocycles. The number of alkyl halides is 2. The number of rotatable bonds is 4. The fraction of sp³-hybridized carbons (Fsp3) is 0.300. The highest BCUT2D eigenvalue weighted by atomic mass is 35.5. The lowest BCUT2D eigenvalue weighted by Gasteiger charge is -2.08. The average Bonchev–Trinajstić information content (AvgIpc) is 2.26. The Hall–Kier alpha value is -0.730. The summed E-state index contributed by atoms with van der Waals surface area (Å²) in [5.41, 5.74) is 0.730. The molecule has 0 aliphatic rings. The monoisotopic (exact) mass is 232 g/mol. The van der Waals surface area contributed by atoms with Crippen LogP contribution in [0.1, 0.15) is 10.9 Å². The van der Waals surface area contributed by atoms with Crippen molar-refractivity contribution in [2.24, 2.45) is 0 Å². The second-order valence-corrected chi connectivity index (χ2v) is 3.44. The number of hydrogen-bond acceptors (Lipinski definition) is 2. The molecule has 0 N–H and O–H groups in total. The van der Waals surface area contributed by atoms with Crippen LogP contribution in [0.3, 0.4) is 0 Å². The molecule has 76 valence electrons. The maximum absolute atomic E-state index is 11.3. The Morgan fingerprint density at radius 1 is 1.36 bits per heavy atom. The molecule has 0 spiro atoms. The Morgan fingerprint density at radius 3 is 2.57 bits per heavy atom. The molecular weight excluding hydrogens is 223 g/mol. The summed E-state index contributed by atoms with van der Waals surface area (Å²) in [6, 6.07) is 9.05. The van der Waals surface area contributed by atoms with Crippen molar-refractivity contribution in [3.05, 3.63) is 35.9 Å². The Labute approximate surface area is 92.8 Å². The predicted molar refractivity (Wildman–Crippen MR) is 56.7 cm³/mol. The lowest BCUT2D eigenvalue weighted by molar-refractivity contribution is -0.142. The van der Waals surface area contributed by atoms with Crippen molar-refractivity contribution >= 4 is 29.2 Å². The highest BCUT2D eigenvalue weighted by molar-refractivity contribution is 6.30. The minimum Gasteiger partial charge on any atom is -0.463 e. The topological polar surface area (TPSA) is 26.3 Å². The molecule has 14 heavy (non-hydrogen) atoms. The molecule has 0 aliphatic heterocycles. The third kappa shape index (κ3) is 3.20. The van der Waals surface area contributed by atoms with E-state index in [1.54, 1.807) is 12.1 Å². The lowest BCUT2D eigenvalue weighted by atomic mass is 10.1. The van der Waals surface area contributed by atoms with E-state index in [1.165, 1.54) is 0 Å². The van der Waals surface area contributed by atoms with Crippen LogP contribution in [0.25, 0.3) is 0 Å². The van der Waals surface area contributed by atoms with Gasteiger partial charge in [-0.05, 0) is 5.56 Å². The number of hydrogen-bond donors (Lipinski definition) is 0. The van der Waals surface area contributed by atoms with E-state index in [1.807, 2.05) is 18.2 Å². The molecule has 0 saturated heterocycles. The fourth-order valence-electron chi connectivity index (χ4n) is 0.970. The van der Waals surface area contributed by atoms with Gasteiger partial charge in [-0.25, -0.2) is 0 Å². The summed E-state index contributed by atoms with van der Waals surface area (Å²) >= 11 is 11.3. The Morgan fingerprint density at radius 2 is 2.00 bits per heavy atom. The molecule has 0 heterocycles. The molecule has 2 nitrogen and oxygen atoms in total. The highest BCUT2D eigenvalue weighted by Gasteiger charge is 2.18. The quantitative estimate of drug-likeness (QED) is 0.590. The zero-order chi connectivity index (χ0) is 10.4. The normalized spacial score (nSPS) is 12.1. The molecule has 0 saturated carbocycles.